The topological polar surface area (TPSA) is 104 Å². The van der Waals surface area contributed by atoms with Crippen molar-refractivity contribution in [2.24, 2.45) is 0 Å². The number of ether oxygens (including phenoxy) is 2. The lowest BCUT2D eigenvalue weighted by Gasteiger charge is -2.41. The Morgan fingerprint density at radius 2 is 1.98 bits per heavy atom. The van der Waals surface area contributed by atoms with Crippen LogP contribution in [0, 0.1) is 6.92 Å². The Balaban J connectivity index is 1.12. The summed E-state index contributed by atoms with van der Waals surface area (Å²) in [7, 11) is 1.64. The van der Waals surface area contributed by atoms with Gasteiger partial charge in [-0.25, -0.2) is 15.0 Å². The first-order chi connectivity index (χ1) is 22.4. The molecular formula is C34H40ClN7O4. The number of nitrogens with one attached hydrogen (secondary N) is 2. The number of halogens is 1. The zero-order valence-corrected chi connectivity index (χ0v) is 27.0. The predicted octanol–water partition coefficient (Wildman–Crippen LogP) is 5.64. The second kappa shape index (κ2) is 13.1. The quantitative estimate of drug-likeness (QED) is 0.284. The molecule has 4 fully saturated rings. The minimum absolute atomic E-state index is 0.0333. The van der Waals surface area contributed by atoms with Gasteiger partial charge in [-0.3, -0.25) is 14.5 Å². The van der Waals surface area contributed by atoms with E-state index in [9.17, 15) is 4.79 Å². The molecule has 4 aliphatic heterocycles. The fraction of sp³-hybridized carbons (Fsp3) is 0.441. The van der Waals surface area contributed by atoms with E-state index < -0.39 is 0 Å². The van der Waals surface area contributed by atoms with Crippen LogP contribution >= 0.6 is 11.6 Å². The van der Waals surface area contributed by atoms with E-state index >= 15 is 0 Å². The maximum Gasteiger partial charge on any atom is 0.247 e. The number of piperidine rings is 1. The van der Waals surface area contributed by atoms with Gasteiger partial charge in [0.2, 0.25) is 5.91 Å². The average Bonchev–Trinajstić information content (AvgIpc) is 3.85. The molecule has 2 aromatic carbocycles. The average molecular weight is 646 g/mol. The maximum absolute atomic E-state index is 12.6. The molecule has 0 radical (unpaired) electrons. The number of carbonyl (C=O) groups excluding carboxylic acids is 1. The van der Waals surface area contributed by atoms with Gasteiger partial charge in [-0.15, -0.1) is 0 Å². The third-order valence-electron chi connectivity index (χ3n) is 9.69. The zero-order valence-electron chi connectivity index (χ0n) is 26.2. The highest BCUT2D eigenvalue weighted by Crippen LogP contribution is 2.42. The lowest BCUT2D eigenvalue weighted by atomic mass is 9.99. The molecule has 7 rings (SSSR count). The van der Waals surface area contributed by atoms with Crippen LogP contribution < -0.4 is 25.3 Å². The van der Waals surface area contributed by atoms with Crippen molar-refractivity contribution in [3.05, 3.63) is 71.5 Å². The first kappa shape index (κ1) is 30.7. The Hall–Kier alpha value is -3.90. The highest BCUT2D eigenvalue weighted by atomic mass is 35.5. The Morgan fingerprint density at radius 3 is 2.72 bits per heavy atom. The van der Waals surface area contributed by atoms with Gasteiger partial charge < -0.3 is 25.0 Å². The molecule has 4 aliphatic rings. The van der Waals surface area contributed by atoms with Crippen molar-refractivity contribution in [3.8, 4) is 5.75 Å². The highest BCUT2D eigenvalue weighted by molar-refractivity contribution is 6.31. The lowest BCUT2D eigenvalue weighted by Crippen LogP contribution is -2.49. The standard InChI is InChI=1S/C34H40ClN7O4/c1-4-34(43)39-27-15-28(31(44-3)16-30(27)40-11-8-22(9-12-40)41-18-24-14-23(41)19-45-24)38-32-17-33(37-20-36-32)42-29(10-13-46-42)25-6-5-7-26(35)21(25)2/h4-7,15-17,20,22-24,29H,1,8-14,18-19H2,2-3H3,(H,39,43)(H,36,37,38)/t23-,24-,29-/m1/s1. The van der Waals surface area contributed by atoms with E-state index in [1.54, 1.807) is 7.11 Å². The lowest BCUT2D eigenvalue weighted by molar-refractivity contribution is -0.111. The summed E-state index contributed by atoms with van der Waals surface area (Å²) in [5, 5.41) is 8.96. The fourth-order valence-corrected chi connectivity index (χ4v) is 7.51. The number of anilines is 5. The number of morpholine rings is 1. The first-order valence-electron chi connectivity index (χ1n) is 16.0. The summed E-state index contributed by atoms with van der Waals surface area (Å²) >= 11 is 6.44. The van der Waals surface area contributed by atoms with E-state index in [2.05, 4.69) is 43.0 Å². The maximum atomic E-state index is 12.6. The van der Waals surface area contributed by atoms with Crippen molar-refractivity contribution in [2.75, 3.05) is 60.6 Å². The third kappa shape index (κ3) is 6.00. The SMILES string of the molecule is C=CC(=O)Nc1cc(Nc2cc(N3OCC[C@@H]3c3cccc(Cl)c3C)ncn2)c(OC)cc1N1CCC(N2C[C@H]3C[C@@H]2CO3)CC1. The van der Waals surface area contributed by atoms with E-state index in [1.165, 1.54) is 12.4 Å². The van der Waals surface area contributed by atoms with Crippen molar-refractivity contribution in [3.63, 3.8) is 0 Å². The number of nitrogens with zero attached hydrogens (tertiary/aromatic N) is 5. The molecule has 12 heteroatoms. The summed E-state index contributed by atoms with van der Waals surface area (Å²) in [4.78, 5) is 32.6. The van der Waals surface area contributed by atoms with Crippen molar-refractivity contribution < 1.29 is 19.1 Å². The van der Waals surface area contributed by atoms with Crippen molar-refractivity contribution in [2.45, 2.75) is 56.8 Å². The normalized spacial score (nSPS) is 23.2. The second-order valence-electron chi connectivity index (χ2n) is 12.3. The smallest absolute Gasteiger partial charge is 0.247 e. The molecule has 2 N–H and O–H groups in total. The number of rotatable bonds is 9. The fourth-order valence-electron chi connectivity index (χ4n) is 7.33. The summed E-state index contributed by atoms with van der Waals surface area (Å²) in [6, 6.07) is 12.7. The third-order valence-corrected chi connectivity index (χ3v) is 10.1. The largest absolute Gasteiger partial charge is 0.494 e. The van der Waals surface area contributed by atoms with Gasteiger partial charge in [0.1, 0.15) is 17.9 Å². The number of aromatic nitrogens is 2. The monoisotopic (exact) mass is 645 g/mol. The number of methoxy groups -OCH3 is 1. The molecule has 0 unspecified atom stereocenters. The van der Waals surface area contributed by atoms with Gasteiger partial charge in [0, 0.05) is 55.3 Å². The number of likely N-dealkylation sites (tertiary alicyclic amines) is 1. The summed E-state index contributed by atoms with van der Waals surface area (Å²) in [5.41, 5.74) is 4.37. The molecule has 1 aromatic heterocycles. The number of fused-ring (bicyclic) bond motifs is 2. The number of hydroxylamine groups is 1. The molecule has 4 saturated heterocycles. The molecule has 2 bridgehead atoms. The first-order valence-corrected chi connectivity index (χ1v) is 16.3. The van der Waals surface area contributed by atoms with Crippen molar-refractivity contribution in [1.29, 1.82) is 0 Å². The van der Waals surface area contributed by atoms with Crippen LogP contribution in [0.1, 0.15) is 42.9 Å². The summed E-state index contributed by atoms with van der Waals surface area (Å²) < 4.78 is 11.7. The van der Waals surface area contributed by atoms with Gasteiger partial charge in [-0.2, -0.15) is 0 Å². The molecule has 46 heavy (non-hydrogen) atoms. The van der Waals surface area contributed by atoms with E-state index in [1.807, 2.05) is 42.3 Å². The number of hydrogen-bond donors (Lipinski definition) is 2. The van der Waals surface area contributed by atoms with Gasteiger partial charge in [0.15, 0.2) is 5.82 Å². The van der Waals surface area contributed by atoms with Crippen LogP contribution in [0.2, 0.25) is 5.02 Å². The summed E-state index contributed by atoms with van der Waals surface area (Å²) in [6.45, 7) is 9.90. The minimum atomic E-state index is -0.279. The summed E-state index contributed by atoms with van der Waals surface area (Å²) in [6.07, 6.45) is 7.26. The van der Waals surface area contributed by atoms with E-state index in [-0.39, 0.29) is 11.9 Å². The number of benzene rings is 2. The molecular weight excluding hydrogens is 606 g/mol. The molecule has 242 valence electrons. The van der Waals surface area contributed by atoms with Gasteiger partial charge in [0.05, 0.1) is 49.5 Å². The van der Waals surface area contributed by atoms with Crippen molar-refractivity contribution >= 4 is 46.2 Å². The second-order valence-corrected chi connectivity index (χ2v) is 12.7. The van der Waals surface area contributed by atoms with Crippen LogP contribution in [0.3, 0.4) is 0 Å². The van der Waals surface area contributed by atoms with Crippen LogP contribution in [0.15, 0.2) is 55.4 Å². The minimum Gasteiger partial charge on any atom is -0.494 e. The zero-order chi connectivity index (χ0) is 31.8. The van der Waals surface area contributed by atoms with Crippen LogP contribution in [-0.2, 0) is 14.4 Å². The van der Waals surface area contributed by atoms with E-state index in [0.29, 0.717) is 53.6 Å². The molecule has 0 saturated carbocycles. The molecule has 0 spiro atoms. The van der Waals surface area contributed by atoms with Gasteiger partial charge >= 0.3 is 0 Å². The molecule has 1 amide bonds. The Morgan fingerprint density at radius 1 is 1.13 bits per heavy atom. The Bertz CT molecular complexity index is 1610. The van der Waals surface area contributed by atoms with Crippen LogP contribution in [-0.4, -0.2) is 78.9 Å². The summed E-state index contributed by atoms with van der Waals surface area (Å²) in [5.74, 6) is 1.53. The molecule has 5 heterocycles. The Kier molecular flexibility index (Phi) is 8.74. The number of amides is 1. The molecule has 3 aromatic rings. The van der Waals surface area contributed by atoms with Gasteiger partial charge in [-0.05, 0) is 55.5 Å². The van der Waals surface area contributed by atoms with Crippen LogP contribution in [0.4, 0.5) is 28.7 Å². The number of carbonyl (C=O) groups is 1. The van der Waals surface area contributed by atoms with E-state index in [0.717, 1.165) is 73.8 Å². The number of hydrogen-bond acceptors (Lipinski definition) is 10. The van der Waals surface area contributed by atoms with Gasteiger partial charge in [0.25, 0.3) is 0 Å². The van der Waals surface area contributed by atoms with Crippen LogP contribution in [0.5, 0.6) is 5.75 Å². The van der Waals surface area contributed by atoms with Crippen LogP contribution in [0.25, 0.3) is 0 Å². The van der Waals surface area contributed by atoms with Crippen molar-refractivity contribution in [1.82, 2.24) is 14.9 Å². The highest BCUT2D eigenvalue weighted by Gasteiger charge is 2.42. The Labute approximate surface area is 274 Å². The molecule has 3 atom stereocenters. The molecule has 11 nitrogen and oxygen atoms in total. The predicted molar refractivity (Wildman–Crippen MR) is 179 cm³/mol. The molecule has 0 aliphatic carbocycles. The van der Waals surface area contributed by atoms with Gasteiger partial charge in [-0.1, -0.05) is 30.3 Å². The van der Waals surface area contributed by atoms with E-state index in [4.69, 9.17) is 25.9 Å².